The van der Waals surface area contributed by atoms with Gasteiger partial charge in [0.2, 0.25) is 17.7 Å². The first-order chi connectivity index (χ1) is 11.0. The standard InChI is InChI=1S/C13H10N4O6/c18-10(8-5-22-6-3-1-2-4-7(6)23-8)17-16-9-11(19)14-13(21)15-12(9)20/h1-4,8H,5H2,(H3,14,15,19,20,21)/t8-/m1/s1. The number of carbonyl (C=O) groups is 1. The van der Waals surface area contributed by atoms with E-state index < -0.39 is 34.8 Å². The lowest BCUT2D eigenvalue weighted by molar-refractivity contribution is -0.127. The molecular formula is C13H10N4O6. The number of nitrogens with zero attached hydrogens (tertiary/aromatic N) is 2. The molecule has 118 valence electrons. The highest BCUT2D eigenvalue weighted by molar-refractivity contribution is 5.82. The van der Waals surface area contributed by atoms with Crippen molar-refractivity contribution in [1.82, 2.24) is 9.97 Å². The van der Waals surface area contributed by atoms with Crippen molar-refractivity contribution in [1.29, 1.82) is 0 Å². The summed E-state index contributed by atoms with van der Waals surface area (Å²) in [5.41, 5.74) is -2.47. The van der Waals surface area contributed by atoms with Gasteiger partial charge in [0, 0.05) is 0 Å². The number of carbonyl (C=O) groups excluding carboxylic acids is 1. The summed E-state index contributed by atoms with van der Waals surface area (Å²) >= 11 is 0. The molecule has 0 bridgehead atoms. The molecule has 0 unspecified atom stereocenters. The Hall–Kier alpha value is -3.43. The molecule has 1 aromatic heterocycles. The summed E-state index contributed by atoms with van der Waals surface area (Å²) in [7, 11) is 0. The van der Waals surface area contributed by atoms with Gasteiger partial charge >= 0.3 is 11.6 Å². The van der Waals surface area contributed by atoms with E-state index in [0.29, 0.717) is 11.5 Å². The number of para-hydroxylation sites is 2. The molecule has 1 amide bonds. The minimum atomic E-state index is -1.03. The normalized spacial score (nSPS) is 16.4. The predicted octanol–water partition coefficient (Wildman–Crippen LogP) is 0.219. The van der Waals surface area contributed by atoms with Gasteiger partial charge in [0.15, 0.2) is 11.5 Å². The van der Waals surface area contributed by atoms with Crippen molar-refractivity contribution in [2.75, 3.05) is 6.61 Å². The van der Waals surface area contributed by atoms with Crippen LogP contribution in [0.5, 0.6) is 17.4 Å². The van der Waals surface area contributed by atoms with Crippen molar-refractivity contribution in [3.05, 3.63) is 45.1 Å². The molecule has 23 heavy (non-hydrogen) atoms. The molecule has 0 aliphatic carbocycles. The first kappa shape index (κ1) is 14.5. The molecule has 3 rings (SSSR count). The van der Waals surface area contributed by atoms with E-state index in [2.05, 4.69) is 10.2 Å². The number of fused-ring (bicyclic) bond motifs is 1. The van der Waals surface area contributed by atoms with Crippen molar-refractivity contribution in [2.45, 2.75) is 6.10 Å². The van der Waals surface area contributed by atoms with E-state index in [1.807, 2.05) is 9.97 Å². The predicted molar refractivity (Wildman–Crippen MR) is 75.2 cm³/mol. The largest absolute Gasteiger partial charge is 0.493 e. The van der Waals surface area contributed by atoms with E-state index >= 15 is 0 Å². The molecule has 1 aliphatic heterocycles. The summed E-state index contributed by atoms with van der Waals surface area (Å²) in [5.74, 6) is -0.703. The number of H-pyrrole nitrogens is 2. The van der Waals surface area contributed by atoms with Crippen LogP contribution in [0, 0.1) is 0 Å². The van der Waals surface area contributed by atoms with E-state index in [9.17, 15) is 19.5 Å². The number of azo groups is 1. The zero-order chi connectivity index (χ0) is 16.4. The molecule has 3 N–H and O–H groups in total. The number of aromatic hydroxyl groups is 1. The summed E-state index contributed by atoms with van der Waals surface area (Å²) in [5, 5.41) is 16.1. The van der Waals surface area contributed by atoms with Crippen molar-refractivity contribution in [3.8, 4) is 17.4 Å². The summed E-state index contributed by atoms with van der Waals surface area (Å²) in [6, 6.07) is 6.80. The molecule has 10 nitrogen and oxygen atoms in total. The molecule has 0 saturated carbocycles. The third-order valence-electron chi connectivity index (χ3n) is 2.93. The second-order valence-electron chi connectivity index (χ2n) is 4.51. The summed E-state index contributed by atoms with van der Waals surface area (Å²) < 4.78 is 10.8. The number of benzene rings is 1. The van der Waals surface area contributed by atoms with Gasteiger partial charge in [-0.1, -0.05) is 12.1 Å². The topological polar surface area (TPSA) is 146 Å². The van der Waals surface area contributed by atoms with Crippen LogP contribution in [0.1, 0.15) is 0 Å². The van der Waals surface area contributed by atoms with Gasteiger partial charge in [-0.05, 0) is 12.1 Å². The van der Waals surface area contributed by atoms with E-state index in [0.717, 1.165) is 0 Å². The van der Waals surface area contributed by atoms with Crippen LogP contribution in [-0.2, 0) is 4.79 Å². The first-order valence-corrected chi connectivity index (χ1v) is 6.44. The second kappa shape index (κ2) is 5.75. The van der Waals surface area contributed by atoms with Crippen molar-refractivity contribution in [2.24, 2.45) is 10.2 Å². The van der Waals surface area contributed by atoms with E-state index in [4.69, 9.17) is 9.47 Å². The first-order valence-electron chi connectivity index (χ1n) is 6.44. The maximum Gasteiger partial charge on any atom is 0.328 e. The lowest BCUT2D eigenvalue weighted by Gasteiger charge is -2.23. The lowest BCUT2D eigenvalue weighted by Crippen LogP contribution is -2.35. The molecule has 0 fully saturated rings. The Kier molecular flexibility index (Phi) is 3.63. The van der Waals surface area contributed by atoms with Crippen LogP contribution in [0.2, 0.25) is 0 Å². The summed E-state index contributed by atoms with van der Waals surface area (Å²) in [6.45, 7) is -0.0666. The van der Waals surface area contributed by atoms with E-state index in [1.54, 1.807) is 24.3 Å². The maximum absolute atomic E-state index is 11.9. The molecule has 1 aliphatic rings. The van der Waals surface area contributed by atoms with E-state index in [1.165, 1.54) is 0 Å². The Bertz CT molecular complexity index is 900. The minimum Gasteiger partial charge on any atom is -0.493 e. The van der Waals surface area contributed by atoms with Crippen LogP contribution in [-0.4, -0.2) is 33.7 Å². The molecule has 0 spiro atoms. The van der Waals surface area contributed by atoms with Gasteiger partial charge in [0.05, 0.1) is 0 Å². The summed E-state index contributed by atoms with van der Waals surface area (Å²) in [6.07, 6.45) is -1.03. The number of amides is 1. The Labute approximate surface area is 127 Å². The fourth-order valence-corrected chi connectivity index (χ4v) is 1.87. The van der Waals surface area contributed by atoms with Crippen molar-refractivity contribution in [3.63, 3.8) is 0 Å². The highest BCUT2D eigenvalue weighted by Gasteiger charge is 2.27. The van der Waals surface area contributed by atoms with Crippen LogP contribution >= 0.6 is 0 Å². The number of hydrogen-bond donors (Lipinski definition) is 3. The van der Waals surface area contributed by atoms with Gasteiger partial charge in [-0.3, -0.25) is 19.6 Å². The molecule has 2 aromatic rings. The summed E-state index contributed by atoms with van der Waals surface area (Å²) in [4.78, 5) is 38.1. The molecule has 0 radical (unpaired) electrons. The van der Waals surface area contributed by atoms with Gasteiger partial charge in [0.1, 0.15) is 6.61 Å². The number of nitrogens with one attached hydrogen (secondary N) is 2. The zero-order valence-electron chi connectivity index (χ0n) is 11.5. The Morgan fingerprint density at radius 1 is 1.22 bits per heavy atom. The average Bonchev–Trinajstić information content (AvgIpc) is 2.53. The van der Waals surface area contributed by atoms with Crippen LogP contribution in [0.4, 0.5) is 5.69 Å². The third kappa shape index (κ3) is 2.95. The molecular weight excluding hydrogens is 308 g/mol. The fraction of sp³-hybridized carbons (Fsp3) is 0.154. The maximum atomic E-state index is 11.9. The SMILES string of the molecule is O=C(N=Nc1c(O)[nH]c(=O)[nH]c1=O)[C@H]1COc2ccccc2O1. The molecule has 10 heteroatoms. The molecule has 1 atom stereocenters. The minimum absolute atomic E-state index is 0.0666. The van der Waals surface area contributed by atoms with Gasteiger partial charge in [-0.15, -0.1) is 10.2 Å². The van der Waals surface area contributed by atoms with Gasteiger partial charge in [0.25, 0.3) is 5.56 Å². The van der Waals surface area contributed by atoms with Crippen molar-refractivity contribution >= 4 is 11.6 Å². The average molecular weight is 318 g/mol. The zero-order valence-corrected chi connectivity index (χ0v) is 11.5. The third-order valence-corrected chi connectivity index (χ3v) is 2.93. The molecule has 2 heterocycles. The fourth-order valence-electron chi connectivity index (χ4n) is 1.87. The number of aromatic nitrogens is 2. The highest BCUT2D eigenvalue weighted by atomic mass is 16.6. The van der Waals surface area contributed by atoms with Crippen molar-refractivity contribution < 1.29 is 19.4 Å². The number of aromatic amines is 2. The number of rotatable bonds is 2. The Morgan fingerprint density at radius 3 is 2.70 bits per heavy atom. The quantitative estimate of drug-likeness (QED) is 0.675. The smallest absolute Gasteiger partial charge is 0.328 e. The van der Waals surface area contributed by atoms with Crippen LogP contribution < -0.4 is 20.7 Å². The van der Waals surface area contributed by atoms with Gasteiger partial charge in [-0.25, -0.2) is 4.79 Å². The van der Waals surface area contributed by atoms with Crippen LogP contribution in [0.25, 0.3) is 0 Å². The lowest BCUT2D eigenvalue weighted by atomic mass is 10.2. The number of hydrogen-bond acceptors (Lipinski definition) is 7. The van der Waals surface area contributed by atoms with Gasteiger partial charge < -0.3 is 14.6 Å². The Morgan fingerprint density at radius 2 is 1.96 bits per heavy atom. The highest BCUT2D eigenvalue weighted by Crippen LogP contribution is 2.31. The van der Waals surface area contributed by atoms with Crippen LogP contribution in [0.15, 0.2) is 44.1 Å². The monoisotopic (exact) mass is 318 g/mol. The molecule has 1 aromatic carbocycles. The number of ether oxygens (including phenoxy) is 2. The molecule has 0 saturated heterocycles. The van der Waals surface area contributed by atoms with Gasteiger partial charge in [-0.2, -0.15) is 0 Å². The van der Waals surface area contributed by atoms with E-state index in [-0.39, 0.29) is 6.61 Å². The second-order valence-corrected chi connectivity index (χ2v) is 4.51. The Balaban J connectivity index is 1.78. The van der Waals surface area contributed by atoms with Crippen LogP contribution in [0.3, 0.4) is 0 Å².